The Morgan fingerprint density at radius 1 is 1.25 bits per heavy atom. The van der Waals surface area contributed by atoms with Gasteiger partial charge < -0.3 is 24.4 Å². The third-order valence-electron chi connectivity index (χ3n) is 5.65. The van der Waals surface area contributed by atoms with E-state index >= 15 is 0 Å². The van der Waals surface area contributed by atoms with Crippen LogP contribution < -0.4 is 10.2 Å². The van der Waals surface area contributed by atoms with Crippen LogP contribution in [-0.4, -0.2) is 41.9 Å². The van der Waals surface area contributed by atoms with Crippen molar-refractivity contribution in [3.05, 3.63) is 47.7 Å². The standard InChI is InChI=1S/C25H33N3O4.H2/c1-16(2)30-14-18-7-9-21-22(12-18)28(13-19-6-5-11-26-24(19)27-21)25(29)23-10-8-20(15-31-23)32-17(3)4;/h5-7,9,11-12,16-17,20,23H,8,10,13-15H2,1-4H3,(H,26,27);1H/t20-,23+;/m0./s1. The van der Waals surface area contributed by atoms with Gasteiger partial charge in [0.1, 0.15) is 11.9 Å². The van der Waals surface area contributed by atoms with Crippen molar-refractivity contribution < 1.29 is 20.4 Å². The highest BCUT2D eigenvalue weighted by molar-refractivity contribution is 6.00. The van der Waals surface area contributed by atoms with Gasteiger partial charge in [0.2, 0.25) is 0 Å². The maximum absolute atomic E-state index is 13.7. The van der Waals surface area contributed by atoms with E-state index in [1.807, 2.05) is 62.9 Å². The summed E-state index contributed by atoms with van der Waals surface area (Å²) in [5, 5.41) is 3.40. The molecule has 174 valence electrons. The number of carbonyl (C=O) groups is 1. The summed E-state index contributed by atoms with van der Waals surface area (Å²) in [5.74, 6) is 0.736. The average molecular weight is 442 g/mol. The summed E-state index contributed by atoms with van der Waals surface area (Å²) in [7, 11) is 0. The van der Waals surface area contributed by atoms with Crippen LogP contribution in [0.4, 0.5) is 17.2 Å². The molecule has 0 bridgehead atoms. The van der Waals surface area contributed by atoms with E-state index in [0.29, 0.717) is 26.2 Å². The zero-order valence-corrected chi connectivity index (χ0v) is 19.3. The first kappa shape index (κ1) is 22.7. The highest BCUT2D eigenvalue weighted by atomic mass is 16.5. The highest BCUT2D eigenvalue weighted by Gasteiger charge is 2.34. The SMILES string of the molecule is CC(C)OCc1ccc2c(c1)N(C(=O)[C@H]1CC[C@H](OC(C)C)CO1)Cc1cccnc1N2.[HH]. The Kier molecular flexibility index (Phi) is 7.08. The number of rotatable bonds is 6. The molecule has 7 nitrogen and oxygen atoms in total. The second kappa shape index (κ2) is 9.98. The smallest absolute Gasteiger partial charge is 0.256 e. The van der Waals surface area contributed by atoms with E-state index in [9.17, 15) is 4.79 Å². The first-order valence-corrected chi connectivity index (χ1v) is 11.4. The van der Waals surface area contributed by atoms with Crippen LogP contribution in [-0.2, 0) is 32.2 Å². The van der Waals surface area contributed by atoms with Gasteiger partial charge in [-0.25, -0.2) is 4.98 Å². The molecule has 0 aliphatic carbocycles. The lowest BCUT2D eigenvalue weighted by Crippen LogP contribution is -2.44. The molecular formula is C25H35N3O4. The summed E-state index contributed by atoms with van der Waals surface area (Å²) in [6.07, 6.45) is 3.06. The fourth-order valence-corrected chi connectivity index (χ4v) is 4.11. The molecule has 1 aromatic carbocycles. The molecule has 0 radical (unpaired) electrons. The predicted molar refractivity (Wildman–Crippen MR) is 126 cm³/mol. The van der Waals surface area contributed by atoms with E-state index in [-0.39, 0.29) is 25.6 Å². The summed E-state index contributed by atoms with van der Waals surface area (Å²) in [5.41, 5.74) is 3.66. The molecule has 1 amide bonds. The van der Waals surface area contributed by atoms with Gasteiger partial charge in [0.15, 0.2) is 0 Å². The normalized spacial score (nSPS) is 20.5. The van der Waals surface area contributed by atoms with Crippen molar-refractivity contribution in [2.75, 3.05) is 16.8 Å². The zero-order valence-electron chi connectivity index (χ0n) is 19.3. The van der Waals surface area contributed by atoms with Crippen molar-refractivity contribution >= 4 is 23.1 Å². The van der Waals surface area contributed by atoms with Crippen LogP contribution >= 0.6 is 0 Å². The first-order chi connectivity index (χ1) is 15.4. The van der Waals surface area contributed by atoms with Gasteiger partial charge in [0.25, 0.3) is 5.91 Å². The Hall–Kier alpha value is -2.48. The van der Waals surface area contributed by atoms with Crippen LogP contribution in [0.15, 0.2) is 36.5 Å². The monoisotopic (exact) mass is 441 g/mol. The van der Waals surface area contributed by atoms with Crippen LogP contribution in [0.1, 0.15) is 53.1 Å². The molecule has 1 saturated heterocycles. The summed E-state index contributed by atoms with van der Waals surface area (Å²) < 4.78 is 17.6. The Morgan fingerprint density at radius 2 is 2.09 bits per heavy atom. The van der Waals surface area contributed by atoms with Gasteiger partial charge in [-0.2, -0.15) is 0 Å². The predicted octanol–water partition coefficient (Wildman–Crippen LogP) is 4.82. The summed E-state index contributed by atoms with van der Waals surface area (Å²) >= 11 is 0. The van der Waals surface area contributed by atoms with Gasteiger partial charge >= 0.3 is 0 Å². The number of ether oxygens (including phenoxy) is 3. The van der Waals surface area contributed by atoms with Crippen LogP contribution in [0, 0.1) is 0 Å². The number of nitrogens with zero attached hydrogens (tertiary/aromatic N) is 2. The van der Waals surface area contributed by atoms with Crippen LogP contribution in [0.25, 0.3) is 0 Å². The van der Waals surface area contributed by atoms with Crippen molar-refractivity contribution in [2.24, 2.45) is 0 Å². The molecule has 3 heterocycles. The number of fused-ring (bicyclic) bond motifs is 2. The van der Waals surface area contributed by atoms with E-state index in [1.165, 1.54) is 0 Å². The van der Waals surface area contributed by atoms with Crippen molar-refractivity contribution in [1.29, 1.82) is 0 Å². The Morgan fingerprint density at radius 3 is 2.81 bits per heavy atom. The average Bonchev–Trinajstić information content (AvgIpc) is 2.93. The molecule has 2 atom stereocenters. The quantitative estimate of drug-likeness (QED) is 0.693. The molecule has 2 aliphatic rings. The summed E-state index contributed by atoms with van der Waals surface area (Å²) in [6, 6.07) is 9.94. The molecule has 32 heavy (non-hydrogen) atoms. The van der Waals surface area contributed by atoms with Gasteiger partial charge in [-0.1, -0.05) is 12.1 Å². The van der Waals surface area contributed by atoms with Crippen LogP contribution in [0.2, 0.25) is 0 Å². The lowest BCUT2D eigenvalue weighted by molar-refractivity contribution is -0.143. The number of nitrogens with one attached hydrogen (secondary N) is 1. The fourth-order valence-electron chi connectivity index (χ4n) is 4.11. The van der Waals surface area contributed by atoms with E-state index < -0.39 is 6.10 Å². The number of aromatic nitrogens is 1. The Balaban J connectivity index is 0.00000306. The molecule has 1 aromatic heterocycles. The van der Waals surface area contributed by atoms with E-state index in [2.05, 4.69) is 10.3 Å². The molecule has 1 N–H and O–H groups in total. The van der Waals surface area contributed by atoms with Crippen molar-refractivity contribution in [2.45, 2.75) is 78.1 Å². The summed E-state index contributed by atoms with van der Waals surface area (Å²) in [6.45, 7) is 9.43. The third-order valence-corrected chi connectivity index (χ3v) is 5.65. The molecule has 1 fully saturated rings. The number of pyridine rings is 1. The van der Waals surface area contributed by atoms with Crippen molar-refractivity contribution in [3.8, 4) is 0 Å². The first-order valence-electron chi connectivity index (χ1n) is 11.4. The van der Waals surface area contributed by atoms with Crippen molar-refractivity contribution in [1.82, 2.24) is 4.98 Å². The third kappa shape index (κ3) is 5.28. The van der Waals surface area contributed by atoms with Crippen LogP contribution in [0.3, 0.4) is 0 Å². The second-order valence-electron chi connectivity index (χ2n) is 8.98. The van der Waals surface area contributed by atoms with Gasteiger partial charge in [0, 0.05) is 13.2 Å². The Bertz CT molecular complexity index is 945. The topological polar surface area (TPSA) is 72.9 Å². The summed E-state index contributed by atoms with van der Waals surface area (Å²) in [4.78, 5) is 20.0. The zero-order chi connectivity index (χ0) is 22.7. The van der Waals surface area contributed by atoms with Crippen molar-refractivity contribution in [3.63, 3.8) is 0 Å². The van der Waals surface area contributed by atoms with Gasteiger partial charge in [-0.05, 0) is 64.3 Å². The number of hydrogen-bond acceptors (Lipinski definition) is 6. The van der Waals surface area contributed by atoms with E-state index in [0.717, 1.165) is 34.7 Å². The molecule has 2 aromatic rings. The molecular weight excluding hydrogens is 406 g/mol. The molecule has 0 unspecified atom stereocenters. The molecule has 4 rings (SSSR count). The minimum atomic E-state index is -0.483. The molecule has 0 saturated carbocycles. The van der Waals surface area contributed by atoms with Gasteiger partial charge in [0.05, 0.1) is 49.4 Å². The highest BCUT2D eigenvalue weighted by Crippen LogP contribution is 2.37. The largest absolute Gasteiger partial charge is 0.374 e. The van der Waals surface area contributed by atoms with Gasteiger partial charge in [-0.15, -0.1) is 0 Å². The number of carbonyl (C=O) groups excluding carboxylic acids is 1. The van der Waals surface area contributed by atoms with Gasteiger partial charge in [-0.3, -0.25) is 4.79 Å². The molecule has 0 spiro atoms. The lowest BCUT2D eigenvalue weighted by Gasteiger charge is -2.33. The maximum Gasteiger partial charge on any atom is 0.256 e. The lowest BCUT2D eigenvalue weighted by atomic mass is 10.0. The number of anilines is 3. The fraction of sp³-hybridized carbons (Fsp3) is 0.520. The minimum absolute atomic E-state index is 0. The maximum atomic E-state index is 13.7. The minimum Gasteiger partial charge on any atom is -0.374 e. The Labute approximate surface area is 191 Å². The van der Waals surface area contributed by atoms with E-state index in [1.54, 1.807) is 6.20 Å². The van der Waals surface area contributed by atoms with E-state index in [4.69, 9.17) is 14.2 Å². The van der Waals surface area contributed by atoms with Crippen LogP contribution in [0.5, 0.6) is 0 Å². The second-order valence-corrected chi connectivity index (χ2v) is 8.98. The molecule has 7 heteroatoms. The number of amides is 1. The number of hydrogen-bond donors (Lipinski definition) is 1. The number of benzene rings is 1. The molecule has 2 aliphatic heterocycles.